The summed E-state index contributed by atoms with van der Waals surface area (Å²) in [6, 6.07) is 6.46. The van der Waals surface area contributed by atoms with E-state index in [0.29, 0.717) is 0 Å². The topological polar surface area (TPSA) is 51.5 Å². The summed E-state index contributed by atoms with van der Waals surface area (Å²) in [7, 11) is 0. The fourth-order valence-corrected chi connectivity index (χ4v) is 3.86. The quantitative estimate of drug-likeness (QED) is 0.540. The number of benzene rings is 1. The fourth-order valence-electron chi connectivity index (χ4n) is 3.37. The van der Waals surface area contributed by atoms with E-state index in [9.17, 15) is 4.39 Å². The van der Waals surface area contributed by atoms with Crippen LogP contribution in [0.1, 0.15) is 44.2 Å². The highest BCUT2D eigenvalue weighted by atomic mass is 127. The lowest BCUT2D eigenvalue weighted by atomic mass is 10.1. The zero-order valence-electron chi connectivity index (χ0n) is 14.5. The SMILES string of the molecule is CC(Nc1ccn2ncc(I)c2n1)c1cc(F)ccc1OC1CCCC1. The maximum Gasteiger partial charge on any atom is 0.170 e. The van der Waals surface area contributed by atoms with Crippen LogP contribution in [0.4, 0.5) is 10.2 Å². The van der Waals surface area contributed by atoms with E-state index in [2.05, 4.69) is 38.0 Å². The van der Waals surface area contributed by atoms with Gasteiger partial charge >= 0.3 is 0 Å². The summed E-state index contributed by atoms with van der Waals surface area (Å²) < 4.78 is 22.7. The molecule has 5 nitrogen and oxygen atoms in total. The highest BCUT2D eigenvalue weighted by Crippen LogP contribution is 2.32. The van der Waals surface area contributed by atoms with Crippen molar-refractivity contribution in [1.82, 2.24) is 14.6 Å². The van der Waals surface area contributed by atoms with Crippen molar-refractivity contribution in [3.8, 4) is 5.75 Å². The number of fused-ring (bicyclic) bond motifs is 1. The van der Waals surface area contributed by atoms with Gasteiger partial charge in [0.2, 0.25) is 0 Å². The van der Waals surface area contributed by atoms with Crippen molar-refractivity contribution in [3.63, 3.8) is 0 Å². The lowest BCUT2D eigenvalue weighted by molar-refractivity contribution is 0.207. The van der Waals surface area contributed by atoms with Gasteiger partial charge in [0.05, 0.1) is 21.9 Å². The van der Waals surface area contributed by atoms with Crippen LogP contribution in [-0.2, 0) is 0 Å². The first kappa shape index (κ1) is 17.5. The summed E-state index contributed by atoms with van der Waals surface area (Å²) in [6.07, 6.45) is 8.39. The van der Waals surface area contributed by atoms with Gasteiger partial charge in [-0.05, 0) is 79.5 Å². The maximum absolute atomic E-state index is 13.9. The number of hydrogen-bond acceptors (Lipinski definition) is 4. The van der Waals surface area contributed by atoms with E-state index in [1.54, 1.807) is 22.8 Å². The van der Waals surface area contributed by atoms with Gasteiger partial charge in [-0.3, -0.25) is 0 Å². The second kappa shape index (κ2) is 7.38. The van der Waals surface area contributed by atoms with E-state index in [1.165, 1.54) is 18.9 Å². The molecule has 0 aliphatic heterocycles. The molecular formula is C19H20FIN4O. The molecule has 26 heavy (non-hydrogen) atoms. The van der Waals surface area contributed by atoms with E-state index in [0.717, 1.165) is 39.2 Å². The van der Waals surface area contributed by atoms with E-state index in [1.807, 2.05) is 19.2 Å². The maximum atomic E-state index is 13.9. The number of nitrogens with one attached hydrogen (secondary N) is 1. The van der Waals surface area contributed by atoms with Crippen LogP contribution in [0.3, 0.4) is 0 Å². The third kappa shape index (κ3) is 3.62. The van der Waals surface area contributed by atoms with Crippen molar-refractivity contribution in [1.29, 1.82) is 0 Å². The van der Waals surface area contributed by atoms with Gasteiger partial charge < -0.3 is 10.1 Å². The zero-order chi connectivity index (χ0) is 18.1. The first-order valence-electron chi connectivity index (χ1n) is 8.82. The Morgan fingerprint density at radius 1 is 1.31 bits per heavy atom. The molecule has 1 unspecified atom stereocenters. The van der Waals surface area contributed by atoms with Gasteiger partial charge in [0.25, 0.3) is 0 Å². The molecule has 7 heteroatoms. The molecule has 1 aromatic carbocycles. The Morgan fingerprint density at radius 3 is 2.92 bits per heavy atom. The number of anilines is 1. The molecule has 2 aromatic heterocycles. The molecule has 0 bridgehead atoms. The molecule has 1 atom stereocenters. The van der Waals surface area contributed by atoms with Crippen LogP contribution in [-0.4, -0.2) is 20.7 Å². The zero-order valence-corrected chi connectivity index (χ0v) is 16.6. The van der Waals surface area contributed by atoms with Crippen molar-refractivity contribution >= 4 is 34.1 Å². The molecule has 1 aliphatic rings. The molecule has 1 aliphatic carbocycles. The summed E-state index contributed by atoms with van der Waals surface area (Å²) in [6.45, 7) is 1.99. The van der Waals surface area contributed by atoms with Gasteiger partial charge in [-0.25, -0.2) is 13.9 Å². The number of nitrogens with zero attached hydrogens (tertiary/aromatic N) is 3. The van der Waals surface area contributed by atoms with Gasteiger partial charge in [0.1, 0.15) is 17.4 Å². The molecule has 1 fully saturated rings. The van der Waals surface area contributed by atoms with Gasteiger partial charge in [0, 0.05) is 11.8 Å². The monoisotopic (exact) mass is 466 g/mol. The molecule has 0 saturated heterocycles. The second-order valence-electron chi connectivity index (χ2n) is 6.65. The van der Waals surface area contributed by atoms with Crippen LogP contribution < -0.4 is 10.1 Å². The number of hydrogen-bond donors (Lipinski definition) is 1. The Morgan fingerprint density at radius 2 is 2.12 bits per heavy atom. The molecule has 0 radical (unpaired) electrons. The summed E-state index contributed by atoms with van der Waals surface area (Å²) in [5, 5.41) is 7.59. The Bertz CT molecular complexity index is 923. The average Bonchev–Trinajstić information content (AvgIpc) is 3.27. The van der Waals surface area contributed by atoms with Crippen molar-refractivity contribution < 1.29 is 9.13 Å². The van der Waals surface area contributed by atoms with Crippen LogP contribution >= 0.6 is 22.6 Å². The first-order valence-corrected chi connectivity index (χ1v) is 9.90. The molecular weight excluding hydrogens is 446 g/mol. The van der Waals surface area contributed by atoms with E-state index >= 15 is 0 Å². The van der Waals surface area contributed by atoms with Crippen molar-refractivity contribution in [2.45, 2.75) is 44.8 Å². The van der Waals surface area contributed by atoms with Crippen LogP contribution in [0.5, 0.6) is 5.75 Å². The fraction of sp³-hybridized carbons (Fsp3) is 0.368. The summed E-state index contributed by atoms with van der Waals surface area (Å²) in [4.78, 5) is 4.60. The highest BCUT2D eigenvalue weighted by Gasteiger charge is 2.20. The average molecular weight is 466 g/mol. The largest absolute Gasteiger partial charge is 0.490 e. The third-order valence-electron chi connectivity index (χ3n) is 4.72. The van der Waals surface area contributed by atoms with E-state index in [4.69, 9.17) is 4.74 Å². The smallest absolute Gasteiger partial charge is 0.170 e. The van der Waals surface area contributed by atoms with Crippen LogP contribution in [0, 0.1) is 9.39 Å². The Kier molecular flexibility index (Phi) is 4.97. The lowest BCUT2D eigenvalue weighted by Gasteiger charge is -2.21. The number of aromatic nitrogens is 3. The summed E-state index contributed by atoms with van der Waals surface area (Å²) in [5.74, 6) is 1.21. The number of ether oxygens (including phenoxy) is 1. The normalized spacial score (nSPS) is 16.1. The predicted molar refractivity (Wildman–Crippen MR) is 107 cm³/mol. The molecule has 4 rings (SSSR count). The third-order valence-corrected chi connectivity index (χ3v) is 5.49. The minimum absolute atomic E-state index is 0.141. The van der Waals surface area contributed by atoms with Gasteiger partial charge in [-0.1, -0.05) is 0 Å². The Labute approximate surface area is 165 Å². The highest BCUT2D eigenvalue weighted by molar-refractivity contribution is 14.1. The molecule has 136 valence electrons. The molecule has 1 N–H and O–H groups in total. The van der Waals surface area contributed by atoms with Gasteiger partial charge in [-0.15, -0.1) is 0 Å². The first-order chi connectivity index (χ1) is 12.6. The van der Waals surface area contributed by atoms with Crippen molar-refractivity contribution in [2.75, 3.05) is 5.32 Å². The predicted octanol–water partition coefficient (Wildman–Crippen LogP) is 4.97. The van der Waals surface area contributed by atoms with Crippen LogP contribution in [0.25, 0.3) is 5.65 Å². The Balaban J connectivity index is 1.58. The molecule has 1 saturated carbocycles. The lowest BCUT2D eigenvalue weighted by Crippen LogP contribution is -2.15. The molecule has 2 heterocycles. The molecule has 0 amide bonds. The van der Waals surface area contributed by atoms with Gasteiger partial charge in [-0.2, -0.15) is 5.10 Å². The Hall–Kier alpha value is -1.90. The number of halogens is 2. The van der Waals surface area contributed by atoms with E-state index < -0.39 is 0 Å². The summed E-state index contributed by atoms with van der Waals surface area (Å²) in [5.41, 5.74) is 1.60. The minimum Gasteiger partial charge on any atom is -0.490 e. The standard InChI is InChI=1S/C19H20FIN4O/c1-12(23-18-8-9-25-19(24-18)16(21)11-22-25)15-10-13(20)6-7-17(15)26-14-4-2-3-5-14/h6-12,14H,2-5H2,1H3,(H,23,24). The van der Waals surface area contributed by atoms with Gasteiger partial charge in [0.15, 0.2) is 5.65 Å². The van der Waals surface area contributed by atoms with Crippen molar-refractivity contribution in [3.05, 3.63) is 51.6 Å². The van der Waals surface area contributed by atoms with Crippen LogP contribution in [0.2, 0.25) is 0 Å². The minimum atomic E-state index is -0.263. The van der Waals surface area contributed by atoms with Crippen molar-refractivity contribution in [2.24, 2.45) is 0 Å². The number of rotatable bonds is 5. The van der Waals surface area contributed by atoms with Crippen LogP contribution in [0.15, 0.2) is 36.7 Å². The summed E-state index contributed by atoms with van der Waals surface area (Å²) >= 11 is 2.21. The van der Waals surface area contributed by atoms with E-state index in [-0.39, 0.29) is 18.0 Å². The molecule has 0 spiro atoms. The molecule has 3 aromatic rings. The second-order valence-corrected chi connectivity index (χ2v) is 7.81.